The summed E-state index contributed by atoms with van der Waals surface area (Å²) in [6, 6.07) is 8.47. The zero-order chi connectivity index (χ0) is 13.8. The molecule has 4 nitrogen and oxygen atoms in total. The Bertz CT molecular complexity index is 673. The number of aryl methyl sites for hydroxylation is 1. The van der Waals surface area contributed by atoms with Gasteiger partial charge in [-0.05, 0) is 24.6 Å². The number of nitrogens with zero attached hydrogens (tertiary/aromatic N) is 3. The highest BCUT2D eigenvalue weighted by Gasteiger charge is 2.00. The third-order valence-electron chi connectivity index (χ3n) is 2.99. The second-order valence-corrected chi connectivity index (χ2v) is 5.95. The van der Waals surface area contributed by atoms with Crippen LogP contribution < -0.4 is 5.32 Å². The second kappa shape index (κ2) is 5.88. The molecule has 2 aromatic heterocycles. The van der Waals surface area contributed by atoms with Crippen LogP contribution in [0, 0.1) is 6.92 Å². The van der Waals surface area contributed by atoms with E-state index in [1.54, 1.807) is 17.5 Å². The summed E-state index contributed by atoms with van der Waals surface area (Å²) in [5.74, 6) is 0. The van der Waals surface area contributed by atoms with E-state index in [4.69, 9.17) is 0 Å². The number of hydrogen-bond donors (Lipinski definition) is 1. The molecule has 3 aromatic rings. The Kier molecular flexibility index (Phi) is 3.78. The largest absolute Gasteiger partial charge is 0.380 e. The molecular formula is C15H16N4S. The lowest BCUT2D eigenvalue weighted by Crippen LogP contribution is -2.00. The van der Waals surface area contributed by atoms with E-state index < -0.39 is 0 Å². The summed E-state index contributed by atoms with van der Waals surface area (Å²) in [6.07, 6.45) is 7.54. The first-order valence-corrected chi connectivity index (χ1v) is 7.31. The normalized spacial score (nSPS) is 10.7. The highest BCUT2D eigenvalue weighted by molar-refractivity contribution is 7.11. The van der Waals surface area contributed by atoms with E-state index in [0.29, 0.717) is 0 Å². The van der Waals surface area contributed by atoms with Crippen molar-refractivity contribution >= 4 is 17.0 Å². The Morgan fingerprint density at radius 2 is 2.30 bits per heavy atom. The Morgan fingerprint density at radius 1 is 1.35 bits per heavy atom. The smallest absolute Gasteiger partial charge is 0.0949 e. The van der Waals surface area contributed by atoms with Gasteiger partial charge in [0.15, 0.2) is 0 Å². The first kappa shape index (κ1) is 12.9. The third-order valence-corrected chi connectivity index (χ3v) is 3.90. The zero-order valence-corrected chi connectivity index (χ0v) is 12.1. The molecule has 0 saturated carbocycles. The number of imidazole rings is 1. The van der Waals surface area contributed by atoms with Gasteiger partial charge in [-0.25, -0.2) is 9.97 Å². The van der Waals surface area contributed by atoms with Crippen LogP contribution in [0.1, 0.15) is 15.4 Å². The van der Waals surface area contributed by atoms with Crippen molar-refractivity contribution in [2.24, 2.45) is 0 Å². The van der Waals surface area contributed by atoms with Gasteiger partial charge in [-0.15, -0.1) is 11.3 Å². The van der Waals surface area contributed by atoms with E-state index in [-0.39, 0.29) is 0 Å². The SMILES string of the molecule is Cc1ncc(CNc2cccc(Cn3ccnc3)c2)s1. The lowest BCUT2D eigenvalue weighted by Gasteiger charge is -2.08. The van der Waals surface area contributed by atoms with Crippen molar-refractivity contribution in [3.8, 4) is 0 Å². The number of aromatic nitrogens is 3. The van der Waals surface area contributed by atoms with Crippen LogP contribution in [0.3, 0.4) is 0 Å². The molecule has 0 radical (unpaired) electrons. The van der Waals surface area contributed by atoms with Crippen molar-refractivity contribution in [3.63, 3.8) is 0 Å². The van der Waals surface area contributed by atoms with Gasteiger partial charge in [0, 0.05) is 35.7 Å². The summed E-state index contributed by atoms with van der Waals surface area (Å²) in [4.78, 5) is 9.58. The molecule has 20 heavy (non-hydrogen) atoms. The van der Waals surface area contributed by atoms with Gasteiger partial charge in [-0.1, -0.05) is 12.1 Å². The predicted octanol–water partition coefficient (Wildman–Crippen LogP) is 3.31. The summed E-state index contributed by atoms with van der Waals surface area (Å²) in [6.45, 7) is 3.69. The van der Waals surface area contributed by atoms with Gasteiger partial charge in [0.1, 0.15) is 0 Å². The van der Waals surface area contributed by atoms with Gasteiger partial charge in [-0.3, -0.25) is 0 Å². The summed E-state index contributed by atoms with van der Waals surface area (Å²) in [5.41, 5.74) is 2.39. The standard InChI is InChI=1S/C15H16N4S/c1-12-17-8-15(20-12)9-18-14-4-2-3-13(7-14)10-19-6-5-16-11-19/h2-8,11,18H,9-10H2,1H3. The van der Waals surface area contributed by atoms with Gasteiger partial charge < -0.3 is 9.88 Å². The molecule has 0 fully saturated rings. The van der Waals surface area contributed by atoms with Crippen LogP contribution in [-0.4, -0.2) is 14.5 Å². The first-order chi connectivity index (χ1) is 9.79. The fourth-order valence-electron chi connectivity index (χ4n) is 2.05. The summed E-state index contributed by atoms with van der Waals surface area (Å²) >= 11 is 1.73. The van der Waals surface area contributed by atoms with Crippen LogP contribution >= 0.6 is 11.3 Å². The van der Waals surface area contributed by atoms with E-state index >= 15 is 0 Å². The maximum Gasteiger partial charge on any atom is 0.0949 e. The highest BCUT2D eigenvalue weighted by Crippen LogP contribution is 2.16. The maximum absolute atomic E-state index is 4.26. The fourth-order valence-corrected chi connectivity index (χ4v) is 2.78. The molecule has 3 rings (SSSR count). The lowest BCUT2D eigenvalue weighted by molar-refractivity contribution is 0.797. The monoisotopic (exact) mass is 284 g/mol. The van der Waals surface area contributed by atoms with E-state index in [1.165, 1.54) is 10.4 Å². The van der Waals surface area contributed by atoms with Crippen LogP contribution in [0.4, 0.5) is 5.69 Å². The molecule has 0 aliphatic heterocycles. The second-order valence-electron chi connectivity index (χ2n) is 4.63. The van der Waals surface area contributed by atoms with E-state index in [9.17, 15) is 0 Å². The molecule has 5 heteroatoms. The average molecular weight is 284 g/mol. The van der Waals surface area contributed by atoms with Crippen molar-refractivity contribution in [2.75, 3.05) is 5.32 Å². The lowest BCUT2D eigenvalue weighted by atomic mass is 10.2. The van der Waals surface area contributed by atoms with Gasteiger partial charge in [0.2, 0.25) is 0 Å². The van der Waals surface area contributed by atoms with Crippen molar-refractivity contribution in [1.29, 1.82) is 0 Å². The molecule has 0 amide bonds. The number of hydrogen-bond acceptors (Lipinski definition) is 4. The van der Waals surface area contributed by atoms with E-state index in [1.807, 2.05) is 25.6 Å². The molecule has 102 valence electrons. The topological polar surface area (TPSA) is 42.7 Å². The summed E-state index contributed by atoms with van der Waals surface area (Å²) in [5, 5.41) is 4.55. The quantitative estimate of drug-likeness (QED) is 0.781. The number of nitrogens with one attached hydrogen (secondary N) is 1. The van der Waals surface area contributed by atoms with Crippen molar-refractivity contribution in [1.82, 2.24) is 14.5 Å². The predicted molar refractivity (Wildman–Crippen MR) is 81.9 cm³/mol. The molecule has 0 atom stereocenters. The van der Waals surface area contributed by atoms with Crippen molar-refractivity contribution in [3.05, 3.63) is 64.6 Å². The Balaban J connectivity index is 1.65. The molecule has 1 N–H and O–H groups in total. The summed E-state index contributed by atoms with van der Waals surface area (Å²) < 4.78 is 2.06. The zero-order valence-electron chi connectivity index (χ0n) is 11.3. The van der Waals surface area contributed by atoms with E-state index in [0.717, 1.165) is 23.8 Å². The van der Waals surface area contributed by atoms with Crippen molar-refractivity contribution < 1.29 is 0 Å². The number of rotatable bonds is 5. The maximum atomic E-state index is 4.26. The Hall–Kier alpha value is -2.14. The molecule has 1 aromatic carbocycles. The van der Waals surface area contributed by atoms with Gasteiger partial charge >= 0.3 is 0 Å². The minimum atomic E-state index is 0.819. The molecule has 0 aliphatic carbocycles. The number of benzene rings is 1. The molecule has 0 unspecified atom stereocenters. The highest BCUT2D eigenvalue weighted by atomic mass is 32.1. The van der Waals surface area contributed by atoms with Crippen LogP contribution in [-0.2, 0) is 13.1 Å². The van der Waals surface area contributed by atoms with Crippen LogP contribution in [0.25, 0.3) is 0 Å². The number of thiazole rings is 1. The van der Waals surface area contributed by atoms with Crippen molar-refractivity contribution in [2.45, 2.75) is 20.0 Å². The van der Waals surface area contributed by atoms with Gasteiger partial charge in [0.05, 0.1) is 17.9 Å². The minimum Gasteiger partial charge on any atom is -0.380 e. The van der Waals surface area contributed by atoms with Gasteiger partial charge in [-0.2, -0.15) is 0 Å². The Labute approximate surface area is 122 Å². The van der Waals surface area contributed by atoms with Crippen LogP contribution in [0.2, 0.25) is 0 Å². The molecule has 0 saturated heterocycles. The molecule has 0 bridgehead atoms. The number of anilines is 1. The summed E-state index contributed by atoms with van der Waals surface area (Å²) in [7, 11) is 0. The first-order valence-electron chi connectivity index (χ1n) is 6.49. The van der Waals surface area contributed by atoms with Gasteiger partial charge in [0.25, 0.3) is 0 Å². The minimum absolute atomic E-state index is 0.819. The Morgan fingerprint density at radius 3 is 3.05 bits per heavy atom. The average Bonchev–Trinajstić information content (AvgIpc) is 3.09. The molecule has 2 heterocycles. The van der Waals surface area contributed by atoms with Crippen LogP contribution in [0.15, 0.2) is 49.2 Å². The van der Waals surface area contributed by atoms with Crippen LogP contribution in [0.5, 0.6) is 0 Å². The molecular weight excluding hydrogens is 268 g/mol. The molecule has 0 spiro atoms. The fraction of sp³-hybridized carbons (Fsp3) is 0.200. The third kappa shape index (κ3) is 3.24. The molecule has 0 aliphatic rings. The van der Waals surface area contributed by atoms with E-state index in [2.05, 4.69) is 44.1 Å².